The van der Waals surface area contributed by atoms with Gasteiger partial charge in [0.15, 0.2) is 5.69 Å². The Hall–Kier alpha value is -1.66. The number of likely N-dealkylation sites (tertiary alicyclic amines) is 1. The molecule has 7 heteroatoms. The summed E-state index contributed by atoms with van der Waals surface area (Å²) in [7, 11) is 0. The molecular formula is C12H18F2N4O. The van der Waals surface area contributed by atoms with Crippen LogP contribution in [0.4, 0.5) is 14.5 Å². The van der Waals surface area contributed by atoms with Crippen LogP contribution in [0, 0.1) is 0 Å². The highest BCUT2D eigenvalue weighted by Crippen LogP contribution is 2.21. The van der Waals surface area contributed by atoms with Crippen LogP contribution in [0.15, 0.2) is 6.20 Å². The first-order chi connectivity index (χ1) is 8.99. The Morgan fingerprint density at radius 1 is 1.58 bits per heavy atom. The van der Waals surface area contributed by atoms with E-state index in [-0.39, 0.29) is 23.3 Å². The minimum atomic E-state index is -2.52. The highest BCUT2D eigenvalue weighted by molar-refractivity contribution is 5.97. The maximum absolute atomic E-state index is 12.3. The predicted molar refractivity (Wildman–Crippen MR) is 67.0 cm³/mol. The molecule has 19 heavy (non-hydrogen) atoms. The zero-order valence-corrected chi connectivity index (χ0v) is 10.9. The van der Waals surface area contributed by atoms with Gasteiger partial charge in [-0.25, -0.2) is 8.78 Å². The Morgan fingerprint density at radius 3 is 2.95 bits per heavy atom. The molecular weight excluding hydrogens is 254 g/mol. The fraction of sp³-hybridized carbons (Fsp3) is 0.667. The molecule has 2 N–H and O–H groups in total. The number of piperidine rings is 1. The van der Waals surface area contributed by atoms with E-state index in [9.17, 15) is 13.6 Å². The third-order valence-electron chi connectivity index (χ3n) is 3.38. The van der Waals surface area contributed by atoms with Crippen LogP contribution in [0.1, 0.15) is 36.7 Å². The molecule has 2 heterocycles. The van der Waals surface area contributed by atoms with Crippen LogP contribution in [-0.4, -0.2) is 39.6 Å². The lowest BCUT2D eigenvalue weighted by molar-refractivity contribution is 0.0627. The molecule has 1 amide bonds. The maximum Gasteiger partial charge on any atom is 0.276 e. The minimum Gasteiger partial charge on any atom is -0.396 e. The number of nitrogens with zero attached hydrogens (tertiary/aromatic N) is 3. The molecule has 0 spiro atoms. The summed E-state index contributed by atoms with van der Waals surface area (Å²) in [4.78, 5) is 14.0. The van der Waals surface area contributed by atoms with Gasteiger partial charge < -0.3 is 10.6 Å². The molecule has 1 aliphatic heterocycles. The average Bonchev–Trinajstić information content (AvgIpc) is 2.69. The van der Waals surface area contributed by atoms with Gasteiger partial charge in [0.25, 0.3) is 12.3 Å². The van der Waals surface area contributed by atoms with Gasteiger partial charge in [0.05, 0.1) is 5.69 Å². The van der Waals surface area contributed by atoms with E-state index in [1.807, 2.05) is 6.92 Å². The van der Waals surface area contributed by atoms with Crippen molar-refractivity contribution in [2.24, 2.45) is 0 Å². The van der Waals surface area contributed by atoms with Crippen molar-refractivity contribution in [1.82, 2.24) is 14.7 Å². The van der Waals surface area contributed by atoms with Gasteiger partial charge in [-0.2, -0.15) is 5.10 Å². The largest absolute Gasteiger partial charge is 0.396 e. The second kappa shape index (κ2) is 5.54. The monoisotopic (exact) mass is 272 g/mol. The minimum absolute atomic E-state index is 0.0781. The van der Waals surface area contributed by atoms with Crippen molar-refractivity contribution in [2.75, 3.05) is 12.3 Å². The van der Waals surface area contributed by atoms with Crippen molar-refractivity contribution in [3.8, 4) is 0 Å². The number of nitrogens with two attached hydrogens (primary N) is 1. The third kappa shape index (κ3) is 3.02. The van der Waals surface area contributed by atoms with E-state index in [4.69, 9.17) is 5.73 Å². The van der Waals surface area contributed by atoms with E-state index in [1.165, 1.54) is 6.20 Å². The molecule has 5 nitrogen and oxygen atoms in total. The van der Waals surface area contributed by atoms with Gasteiger partial charge in [-0.1, -0.05) is 0 Å². The number of hydrogen-bond donors (Lipinski definition) is 1. The Labute approximate surface area is 110 Å². The van der Waals surface area contributed by atoms with E-state index in [0.717, 1.165) is 23.9 Å². The molecule has 106 valence electrons. The standard InChI is InChI=1S/C12H18F2N4O/c1-8-4-2-3-5-18(8)12(19)11-9(15)6-17(16-11)7-10(13)14/h6,8,10H,2-5,7,15H2,1H3. The first-order valence-corrected chi connectivity index (χ1v) is 6.41. The second-order valence-corrected chi connectivity index (χ2v) is 4.89. The number of anilines is 1. The molecule has 0 saturated carbocycles. The van der Waals surface area contributed by atoms with Gasteiger partial charge in [0, 0.05) is 18.8 Å². The summed E-state index contributed by atoms with van der Waals surface area (Å²) in [5, 5.41) is 3.88. The number of carbonyl (C=O) groups excluding carboxylic acids is 1. The van der Waals surface area contributed by atoms with E-state index >= 15 is 0 Å². The number of rotatable bonds is 3. The summed E-state index contributed by atoms with van der Waals surface area (Å²) in [6.07, 6.45) is 1.77. The summed E-state index contributed by atoms with van der Waals surface area (Å²) >= 11 is 0. The van der Waals surface area contributed by atoms with E-state index in [2.05, 4.69) is 5.10 Å². The molecule has 0 radical (unpaired) electrons. The molecule has 1 aliphatic rings. The van der Waals surface area contributed by atoms with Crippen molar-refractivity contribution in [2.45, 2.75) is 45.2 Å². The lowest BCUT2D eigenvalue weighted by Crippen LogP contribution is -2.42. The average molecular weight is 272 g/mol. The summed E-state index contributed by atoms with van der Waals surface area (Å²) in [5.74, 6) is -0.266. The second-order valence-electron chi connectivity index (χ2n) is 4.89. The third-order valence-corrected chi connectivity index (χ3v) is 3.38. The van der Waals surface area contributed by atoms with Crippen molar-refractivity contribution >= 4 is 11.6 Å². The van der Waals surface area contributed by atoms with Crippen LogP contribution < -0.4 is 5.73 Å². The van der Waals surface area contributed by atoms with Crippen molar-refractivity contribution in [3.63, 3.8) is 0 Å². The summed E-state index contributed by atoms with van der Waals surface area (Å²) in [6, 6.07) is 0.140. The molecule has 2 rings (SSSR count). The molecule has 1 unspecified atom stereocenters. The Balaban J connectivity index is 2.16. The molecule has 1 saturated heterocycles. The first-order valence-electron chi connectivity index (χ1n) is 6.41. The van der Waals surface area contributed by atoms with Gasteiger partial charge in [-0.05, 0) is 26.2 Å². The number of carbonyl (C=O) groups is 1. The Bertz CT molecular complexity index is 461. The van der Waals surface area contributed by atoms with Crippen LogP contribution in [0.2, 0.25) is 0 Å². The number of halogens is 2. The SMILES string of the molecule is CC1CCCCN1C(=O)c1nn(CC(F)F)cc1N. The summed E-state index contributed by atoms with van der Waals surface area (Å²) in [6.45, 7) is 2.09. The fourth-order valence-corrected chi connectivity index (χ4v) is 2.37. The van der Waals surface area contributed by atoms with Crippen LogP contribution in [0.25, 0.3) is 0 Å². The van der Waals surface area contributed by atoms with Crippen molar-refractivity contribution in [1.29, 1.82) is 0 Å². The molecule has 1 aromatic heterocycles. The molecule has 0 aromatic carbocycles. The van der Waals surface area contributed by atoms with Gasteiger partial charge in [0.1, 0.15) is 6.54 Å². The zero-order valence-electron chi connectivity index (χ0n) is 10.9. The number of hydrogen-bond acceptors (Lipinski definition) is 3. The van der Waals surface area contributed by atoms with Crippen LogP contribution in [0.3, 0.4) is 0 Å². The number of amides is 1. The Kier molecular flexibility index (Phi) is 4.01. The molecule has 0 aliphatic carbocycles. The van der Waals surface area contributed by atoms with Gasteiger partial charge in [-0.15, -0.1) is 0 Å². The highest BCUT2D eigenvalue weighted by atomic mass is 19.3. The number of alkyl halides is 2. The van der Waals surface area contributed by atoms with Gasteiger partial charge >= 0.3 is 0 Å². The van der Waals surface area contributed by atoms with Crippen molar-refractivity contribution < 1.29 is 13.6 Å². The Morgan fingerprint density at radius 2 is 2.32 bits per heavy atom. The lowest BCUT2D eigenvalue weighted by Gasteiger charge is -2.32. The van der Waals surface area contributed by atoms with Gasteiger partial charge in [-0.3, -0.25) is 9.48 Å². The van der Waals surface area contributed by atoms with Crippen LogP contribution in [-0.2, 0) is 6.54 Å². The lowest BCUT2D eigenvalue weighted by atomic mass is 10.0. The quantitative estimate of drug-likeness (QED) is 0.911. The highest BCUT2D eigenvalue weighted by Gasteiger charge is 2.27. The fourth-order valence-electron chi connectivity index (χ4n) is 2.37. The van der Waals surface area contributed by atoms with E-state index in [1.54, 1.807) is 4.90 Å². The topological polar surface area (TPSA) is 64.2 Å². The van der Waals surface area contributed by atoms with Crippen LogP contribution in [0.5, 0.6) is 0 Å². The number of nitrogen functional groups attached to an aromatic ring is 1. The smallest absolute Gasteiger partial charge is 0.276 e. The summed E-state index contributed by atoms with van der Waals surface area (Å²) < 4.78 is 25.6. The van der Waals surface area contributed by atoms with Gasteiger partial charge in [0.2, 0.25) is 0 Å². The number of aromatic nitrogens is 2. The van der Waals surface area contributed by atoms with E-state index in [0.29, 0.717) is 6.54 Å². The van der Waals surface area contributed by atoms with Crippen molar-refractivity contribution in [3.05, 3.63) is 11.9 Å². The summed E-state index contributed by atoms with van der Waals surface area (Å²) in [5.41, 5.74) is 5.93. The predicted octanol–water partition coefficient (Wildman–Crippen LogP) is 1.75. The molecule has 1 atom stereocenters. The maximum atomic E-state index is 12.3. The molecule has 0 bridgehead atoms. The normalized spacial score (nSPS) is 20.0. The molecule has 1 aromatic rings. The molecule has 1 fully saturated rings. The van der Waals surface area contributed by atoms with E-state index < -0.39 is 13.0 Å². The first kappa shape index (κ1) is 13.8. The van der Waals surface area contributed by atoms with Crippen LogP contribution >= 0.6 is 0 Å². The zero-order chi connectivity index (χ0) is 14.0.